The first kappa shape index (κ1) is 17.9. The van der Waals surface area contributed by atoms with E-state index in [9.17, 15) is 13.2 Å². The second kappa shape index (κ2) is 7.90. The Kier molecular flexibility index (Phi) is 6.15. The average Bonchev–Trinajstić information content (AvgIpc) is 2.59. The lowest BCUT2D eigenvalue weighted by atomic mass is 9.89. The van der Waals surface area contributed by atoms with E-state index in [4.69, 9.17) is 10.5 Å². The molecule has 3 unspecified atom stereocenters. The number of esters is 1. The van der Waals surface area contributed by atoms with Gasteiger partial charge in [-0.15, -0.1) is 0 Å². The van der Waals surface area contributed by atoms with Crippen molar-refractivity contribution in [2.75, 3.05) is 13.7 Å². The van der Waals surface area contributed by atoms with Crippen LogP contribution in [0, 0.1) is 5.92 Å². The molecule has 0 aromatic heterocycles. The number of hydrogen-bond donors (Lipinski definition) is 2. The van der Waals surface area contributed by atoms with E-state index in [0.29, 0.717) is 12.8 Å². The summed E-state index contributed by atoms with van der Waals surface area (Å²) in [6.45, 7) is 0.108. The first-order chi connectivity index (χ1) is 11.0. The largest absolute Gasteiger partial charge is 0.469 e. The normalized spacial score (nSPS) is 23.2. The van der Waals surface area contributed by atoms with Crippen LogP contribution < -0.4 is 10.5 Å². The molecule has 6 nitrogen and oxygen atoms in total. The summed E-state index contributed by atoms with van der Waals surface area (Å²) in [7, 11) is -2.33. The van der Waals surface area contributed by atoms with Gasteiger partial charge < -0.3 is 10.5 Å². The molecule has 0 heterocycles. The molecule has 0 aliphatic heterocycles. The second-order valence-corrected chi connectivity index (χ2v) is 7.85. The van der Waals surface area contributed by atoms with Crippen LogP contribution in [0.25, 0.3) is 0 Å². The highest BCUT2D eigenvalue weighted by molar-refractivity contribution is 7.90. The summed E-state index contributed by atoms with van der Waals surface area (Å²) in [5, 5.41) is -0.744. The highest BCUT2D eigenvalue weighted by atomic mass is 32.2. The van der Waals surface area contributed by atoms with Crippen LogP contribution >= 0.6 is 0 Å². The van der Waals surface area contributed by atoms with Gasteiger partial charge in [0, 0.05) is 12.6 Å². The quantitative estimate of drug-likeness (QED) is 0.762. The fraction of sp³-hybridized carbons (Fsp3) is 0.562. The molecule has 1 aromatic carbocycles. The smallest absolute Gasteiger partial charge is 0.310 e. The summed E-state index contributed by atoms with van der Waals surface area (Å²) in [4.78, 5) is 11.8. The molecule has 0 saturated heterocycles. The van der Waals surface area contributed by atoms with Crippen LogP contribution in [0.4, 0.5) is 0 Å². The van der Waals surface area contributed by atoms with Gasteiger partial charge in [0.2, 0.25) is 10.0 Å². The SMILES string of the molecule is COC(=O)C1CCCCC1S(=O)(=O)NCC(N)c1ccccc1. The molecule has 1 aliphatic rings. The van der Waals surface area contributed by atoms with E-state index in [2.05, 4.69) is 4.72 Å². The summed E-state index contributed by atoms with van der Waals surface area (Å²) in [5.41, 5.74) is 6.90. The van der Waals surface area contributed by atoms with Crippen molar-refractivity contribution in [3.8, 4) is 0 Å². The third-order valence-electron chi connectivity index (χ3n) is 4.34. The van der Waals surface area contributed by atoms with E-state index in [1.807, 2.05) is 30.3 Å². The third-order valence-corrected chi connectivity index (χ3v) is 6.27. The molecule has 128 valence electrons. The number of methoxy groups -OCH3 is 1. The molecular formula is C16H24N2O4S. The summed E-state index contributed by atoms with van der Waals surface area (Å²) in [6.07, 6.45) is 2.65. The lowest BCUT2D eigenvalue weighted by molar-refractivity contribution is -0.146. The molecule has 23 heavy (non-hydrogen) atoms. The van der Waals surface area contributed by atoms with Crippen molar-refractivity contribution in [1.82, 2.24) is 4.72 Å². The van der Waals surface area contributed by atoms with Crippen molar-refractivity contribution in [3.05, 3.63) is 35.9 Å². The molecule has 0 radical (unpaired) electrons. The van der Waals surface area contributed by atoms with Crippen LogP contribution in [0.2, 0.25) is 0 Å². The molecule has 0 spiro atoms. The zero-order valence-electron chi connectivity index (χ0n) is 13.3. The van der Waals surface area contributed by atoms with Crippen molar-refractivity contribution in [2.45, 2.75) is 37.0 Å². The maximum Gasteiger partial charge on any atom is 0.310 e. The van der Waals surface area contributed by atoms with Crippen molar-refractivity contribution in [2.24, 2.45) is 11.7 Å². The first-order valence-corrected chi connectivity index (χ1v) is 9.37. The molecule has 1 aromatic rings. The van der Waals surface area contributed by atoms with Crippen LogP contribution in [0.3, 0.4) is 0 Å². The minimum atomic E-state index is -3.62. The summed E-state index contributed by atoms with van der Waals surface area (Å²) in [6, 6.07) is 8.89. The number of nitrogens with one attached hydrogen (secondary N) is 1. The van der Waals surface area contributed by atoms with Gasteiger partial charge in [-0.3, -0.25) is 4.79 Å². The van der Waals surface area contributed by atoms with Gasteiger partial charge in [0.25, 0.3) is 0 Å². The second-order valence-electron chi connectivity index (χ2n) is 5.86. The van der Waals surface area contributed by atoms with Gasteiger partial charge in [0.1, 0.15) is 0 Å². The molecular weight excluding hydrogens is 316 g/mol. The van der Waals surface area contributed by atoms with Crippen LogP contribution in [-0.4, -0.2) is 33.3 Å². The van der Waals surface area contributed by atoms with Crippen LogP contribution in [-0.2, 0) is 19.6 Å². The molecule has 1 saturated carbocycles. The van der Waals surface area contributed by atoms with E-state index in [1.54, 1.807) is 0 Å². The highest BCUT2D eigenvalue weighted by Gasteiger charge is 2.40. The topological polar surface area (TPSA) is 98.5 Å². The number of carbonyl (C=O) groups is 1. The van der Waals surface area contributed by atoms with Crippen molar-refractivity contribution < 1.29 is 17.9 Å². The van der Waals surface area contributed by atoms with E-state index in [0.717, 1.165) is 18.4 Å². The molecule has 2 rings (SSSR count). The summed E-state index contributed by atoms with van der Waals surface area (Å²) < 4.78 is 32.5. The van der Waals surface area contributed by atoms with Gasteiger partial charge in [-0.05, 0) is 18.4 Å². The molecule has 0 bridgehead atoms. The number of rotatable bonds is 6. The number of sulfonamides is 1. The van der Waals surface area contributed by atoms with Crippen molar-refractivity contribution in [1.29, 1.82) is 0 Å². The Balaban J connectivity index is 2.03. The Bertz CT molecular complexity index is 618. The molecule has 7 heteroatoms. The predicted octanol–water partition coefficient (Wildman–Crippen LogP) is 1.34. The zero-order valence-corrected chi connectivity index (χ0v) is 14.1. The lowest BCUT2D eigenvalue weighted by Gasteiger charge is -2.29. The van der Waals surface area contributed by atoms with Crippen LogP contribution in [0.1, 0.15) is 37.3 Å². The monoisotopic (exact) mass is 340 g/mol. The fourth-order valence-electron chi connectivity index (χ4n) is 3.02. The molecule has 1 fully saturated rings. The van der Waals surface area contributed by atoms with E-state index in [1.165, 1.54) is 7.11 Å². The Morgan fingerprint density at radius 1 is 1.30 bits per heavy atom. The summed E-state index contributed by atoms with van der Waals surface area (Å²) >= 11 is 0. The summed E-state index contributed by atoms with van der Waals surface area (Å²) in [5.74, 6) is -1.05. The standard InChI is InChI=1S/C16H24N2O4S/c1-22-16(19)13-9-5-6-10-15(13)23(20,21)18-11-14(17)12-7-3-2-4-8-12/h2-4,7-8,13-15,18H,5-6,9-11,17H2,1H3. The number of nitrogens with two attached hydrogens (primary N) is 1. The lowest BCUT2D eigenvalue weighted by Crippen LogP contribution is -2.45. The minimum Gasteiger partial charge on any atom is -0.469 e. The number of benzene rings is 1. The van der Waals surface area contributed by atoms with E-state index in [-0.39, 0.29) is 6.54 Å². The minimum absolute atomic E-state index is 0.108. The van der Waals surface area contributed by atoms with E-state index < -0.39 is 33.2 Å². The zero-order chi connectivity index (χ0) is 16.9. The molecule has 3 N–H and O–H groups in total. The predicted molar refractivity (Wildman–Crippen MR) is 88.1 cm³/mol. The highest BCUT2D eigenvalue weighted by Crippen LogP contribution is 2.30. The average molecular weight is 340 g/mol. The molecule has 1 aliphatic carbocycles. The van der Waals surface area contributed by atoms with Crippen molar-refractivity contribution >= 4 is 16.0 Å². The number of hydrogen-bond acceptors (Lipinski definition) is 5. The van der Waals surface area contributed by atoms with Gasteiger partial charge >= 0.3 is 5.97 Å². The Morgan fingerprint density at radius 3 is 2.61 bits per heavy atom. The number of carbonyl (C=O) groups excluding carboxylic acids is 1. The van der Waals surface area contributed by atoms with Crippen LogP contribution in [0.15, 0.2) is 30.3 Å². The van der Waals surface area contributed by atoms with Crippen molar-refractivity contribution in [3.63, 3.8) is 0 Å². The number of ether oxygens (including phenoxy) is 1. The third kappa shape index (κ3) is 4.53. The molecule has 3 atom stereocenters. The van der Waals surface area contributed by atoms with Gasteiger partial charge in [-0.25, -0.2) is 13.1 Å². The maximum atomic E-state index is 12.6. The maximum absolute atomic E-state index is 12.6. The van der Waals surface area contributed by atoms with E-state index >= 15 is 0 Å². The van der Waals surface area contributed by atoms with Crippen LogP contribution in [0.5, 0.6) is 0 Å². The van der Waals surface area contributed by atoms with Gasteiger partial charge in [0.15, 0.2) is 0 Å². The Labute approximate surface area is 137 Å². The Morgan fingerprint density at radius 2 is 1.96 bits per heavy atom. The van der Waals surface area contributed by atoms with Gasteiger partial charge in [-0.2, -0.15) is 0 Å². The fourth-order valence-corrected chi connectivity index (χ4v) is 4.80. The first-order valence-electron chi connectivity index (χ1n) is 7.82. The molecule has 0 amide bonds. The van der Waals surface area contributed by atoms with Gasteiger partial charge in [0.05, 0.1) is 18.3 Å². The Hall–Kier alpha value is -1.44. The van der Waals surface area contributed by atoms with Gasteiger partial charge in [-0.1, -0.05) is 43.2 Å².